The van der Waals surface area contributed by atoms with Crippen molar-refractivity contribution >= 4 is 5.69 Å². The van der Waals surface area contributed by atoms with E-state index in [0.717, 1.165) is 38.3 Å². The molecule has 0 spiro atoms. The quantitative estimate of drug-likeness (QED) is 0.870. The van der Waals surface area contributed by atoms with E-state index in [1.165, 1.54) is 6.07 Å². The summed E-state index contributed by atoms with van der Waals surface area (Å²) in [6, 6.07) is 4.90. The highest BCUT2D eigenvalue weighted by Crippen LogP contribution is 2.27. The van der Waals surface area contributed by atoms with Gasteiger partial charge in [0.25, 0.3) is 0 Å². The summed E-state index contributed by atoms with van der Waals surface area (Å²) in [7, 11) is 1.57. The van der Waals surface area contributed by atoms with Gasteiger partial charge in [0, 0.05) is 30.9 Å². The second kappa shape index (κ2) is 6.05. The van der Waals surface area contributed by atoms with Gasteiger partial charge in [0.1, 0.15) is 11.6 Å². The Balaban J connectivity index is 2.02. The van der Waals surface area contributed by atoms with Crippen LogP contribution < -0.4 is 15.0 Å². The molecule has 1 aromatic carbocycles. The number of nitrogens with one attached hydrogen (secondary N) is 1. The molecule has 0 amide bonds. The molecule has 0 bridgehead atoms. The van der Waals surface area contributed by atoms with Crippen molar-refractivity contribution in [3.05, 3.63) is 24.0 Å². The van der Waals surface area contributed by atoms with E-state index in [-0.39, 0.29) is 5.82 Å². The number of nitrogens with zero attached hydrogens (tertiary/aromatic N) is 1. The summed E-state index contributed by atoms with van der Waals surface area (Å²) in [6.07, 6.45) is 1.16. The number of methoxy groups -OCH3 is 1. The molecule has 0 aromatic heterocycles. The first-order chi connectivity index (χ1) is 8.72. The molecule has 1 atom stereocenters. The zero-order chi connectivity index (χ0) is 13.0. The lowest BCUT2D eigenvalue weighted by atomic mass is 10.1. The smallest absolute Gasteiger partial charge is 0.128 e. The molecule has 4 heteroatoms. The van der Waals surface area contributed by atoms with Gasteiger partial charge < -0.3 is 15.0 Å². The second-order valence-corrected chi connectivity index (χ2v) is 4.76. The minimum Gasteiger partial charge on any atom is -0.497 e. The van der Waals surface area contributed by atoms with Crippen molar-refractivity contribution in [1.82, 2.24) is 5.32 Å². The Morgan fingerprint density at radius 2 is 2.28 bits per heavy atom. The van der Waals surface area contributed by atoms with Crippen LogP contribution in [0.5, 0.6) is 5.75 Å². The molecule has 1 fully saturated rings. The first-order valence-electron chi connectivity index (χ1n) is 6.53. The molecule has 1 N–H and O–H groups in total. The first kappa shape index (κ1) is 13.1. The first-order valence-corrected chi connectivity index (χ1v) is 6.53. The Labute approximate surface area is 108 Å². The zero-order valence-corrected chi connectivity index (χ0v) is 11.1. The SMILES string of the molecule is CCNCC1CCN(c2cc(F)cc(OC)c2)C1. The van der Waals surface area contributed by atoms with Crippen LogP contribution in [0.2, 0.25) is 0 Å². The van der Waals surface area contributed by atoms with Crippen molar-refractivity contribution in [2.75, 3.05) is 38.2 Å². The van der Waals surface area contributed by atoms with Crippen LogP contribution in [-0.4, -0.2) is 33.3 Å². The molecule has 1 aliphatic heterocycles. The Kier molecular flexibility index (Phi) is 4.42. The van der Waals surface area contributed by atoms with E-state index in [4.69, 9.17) is 4.74 Å². The second-order valence-electron chi connectivity index (χ2n) is 4.76. The van der Waals surface area contributed by atoms with Gasteiger partial charge in [-0.3, -0.25) is 0 Å². The maximum Gasteiger partial charge on any atom is 0.128 e. The van der Waals surface area contributed by atoms with Crippen LogP contribution in [0.25, 0.3) is 0 Å². The molecule has 100 valence electrons. The number of hydrogen-bond donors (Lipinski definition) is 1. The maximum atomic E-state index is 13.4. The van der Waals surface area contributed by atoms with Gasteiger partial charge in [-0.25, -0.2) is 4.39 Å². The monoisotopic (exact) mass is 252 g/mol. The average molecular weight is 252 g/mol. The molecule has 0 aliphatic carbocycles. The summed E-state index contributed by atoms with van der Waals surface area (Å²) >= 11 is 0. The van der Waals surface area contributed by atoms with Gasteiger partial charge >= 0.3 is 0 Å². The fraction of sp³-hybridized carbons (Fsp3) is 0.571. The number of halogens is 1. The number of anilines is 1. The van der Waals surface area contributed by atoms with E-state index < -0.39 is 0 Å². The summed E-state index contributed by atoms with van der Waals surface area (Å²) in [6.45, 7) is 6.14. The van der Waals surface area contributed by atoms with Crippen molar-refractivity contribution in [3.8, 4) is 5.75 Å². The largest absolute Gasteiger partial charge is 0.497 e. The molecule has 1 heterocycles. The highest BCUT2D eigenvalue weighted by Gasteiger charge is 2.22. The highest BCUT2D eigenvalue weighted by atomic mass is 19.1. The van der Waals surface area contributed by atoms with Crippen LogP contribution in [0, 0.1) is 11.7 Å². The van der Waals surface area contributed by atoms with Crippen LogP contribution in [0.4, 0.5) is 10.1 Å². The van der Waals surface area contributed by atoms with Crippen LogP contribution >= 0.6 is 0 Å². The summed E-state index contributed by atoms with van der Waals surface area (Å²) in [5.74, 6) is 0.999. The number of ether oxygens (including phenoxy) is 1. The third-order valence-electron chi connectivity index (χ3n) is 3.43. The average Bonchev–Trinajstić information content (AvgIpc) is 2.84. The van der Waals surface area contributed by atoms with E-state index in [2.05, 4.69) is 17.1 Å². The lowest BCUT2D eigenvalue weighted by Crippen LogP contribution is -2.26. The lowest BCUT2D eigenvalue weighted by molar-refractivity contribution is 0.411. The minimum atomic E-state index is -0.237. The molecular formula is C14H21FN2O. The molecule has 0 radical (unpaired) electrons. The Bertz CT molecular complexity index is 397. The fourth-order valence-corrected chi connectivity index (χ4v) is 2.43. The topological polar surface area (TPSA) is 24.5 Å². The number of hydrogen-bond acceptors (Lipinski definition) is 3. The van der Waals surface area contributed by atoms with Gasteiger partial charge in [-0.05, 0) is 31.5 Å². The van der Waals surface area contributed by atoms with E-state index in [1.807, 2.05) is 6.07 Å². The third-order valence-corrected chi connectivity index (χ3v) is 3.43. The van der Waals surface area contributed by atoms with Gasteiger partial charge in [0.2, 0.25) is 0 Å². The molecule has 2 rings (SSSR count). The normalized spacial score (nSPS) is 19.3. The Morgan fingerprint density at radius 1 is 1.44 bits per heavy atom. The summed E-state index contributed by atoms with van der Waals surface area (Å²) in [4.78, 5) is 2.23. The summed E-state index contributed by atoms with van der Waals surface area (Å²) in [5.41, 5.74) is 0.922. The van der Waals surface area contributed by atoms with Gasteiger partial charge in [0.05, 0.1) is 7.11 Å². The summed E-state index contributed by atoms with van der Waals surface area (Å²) < 4.78 is 18.6. The van der Waals surface area contributed by atoms with Gasteiger partial charge in [-0.2, -0.15) is 0 Å². The van der Waals surface area contributed by atoms with Crippen LogP contribution in [0.3, 0.4) is 0 Å². The van der Waals surface area contributed by atoms with Crippen LogP contribution in [0.1, 0.15) is 13.3 Å². The molecule has 1 unspecified atom stereocenters. The van der Waals surface area contributed by atoms with Crippen LogP contribution in [0.15, 0.2) is 18.2 Å². The molecule has 1 aliphatic rings. The predicted octanol–water partition coefficient (Wildman–Crippen LogP) is 2.27. The molecule has 3 nitrogen and oxygen atoms in total. The standard InChI is InChI=1S/C14H21FN2O/c1-3-16-9-11-4-5-17(10-11)13-6-12(15)7-14(8-13)18-2/h6-8,11,16H,3-5,9-10H2,1-2H3. The van der Waals surface area contributed by atoms with Gasteiger partial charge in [0.15, 0.2) is 0 Å². The number of rotatable bonds is 5. The zero-order valence-electron chi connectivity index (χ0n) is 11.1. The Hall–Kier alpha value is -1.29. The van der Waals surface area contributed by atoms with E-state index >= 15 is 0 Å². The lowest BCUT2D eigenvalue weighted by Gasteiger charge is -2.19. The van der Waals surface area contributed by atoms with Crippen molar-refractivity contribution < 1.29 is 9.13 Å². The molecule has 18 heavy (non-hydrogen) atoms. The van der Waals surface area contributed by atoms with Crippen molar-refractivity contribution in [2.45, 2.75) is 13.3 Å². The molecule has 1 saturated heterocycles. The van der Waals surface area contributed by atoms with Gasteiger partial charge in [-0.1, -0.05) is 6.92 Å². The maximum absolute atomic E-state index is 13.4. The summed E-state index contributed by atoms with van der Waals surface area (Å²) in [5, 5.41) is 3.37. The van der Waals surface area contributed by atoms with E-state index in [9.17, 15) is 4.39 Å². The van der Waals surface area contributed by atoms with Crippen LogP contribution in [-0.2, 0) is 0 Å². The molecule has 0 saturated carbocycles. The third kappa shape index (κ3) is 3.13. The highest BCUT2D eigenvalue weighted by molar-refractivity contribution is 5.52. The van der Waals surface area contributed by atoms with E-state index in [1.54, 1.807) is 13.2 Å². The molecule has 1 aromatic rings. The van der Waals surface area contributed by atoms with Crippen molar-refractivity contribution in [1.29, 1.82) is 0 Å². The predicted molar refractivity (Wildman–Crippen MR) is 71.8 cm³/mol. The number of benzene rings is 1. The fourth-order valence-electron chi connectivity index (χ4n) is 2.43. The minimum absolute atomic E-state index is 0.237. The molecular weight excluding hydrogens is 231 g/mol. The van der Waals surface area contributed by atoms with Gasteiger partial charge in [-0.15, -0.1) is 0 Å². The van der Waals surface area contributed by atoms with E-state index in [0.29, 0.717) is 11.7 Å². The Morgan fingerprint density at radius 3 is 3.00 bits per heavy atom. The van der Waals surface area contributed by atoms with Crippen molar-refractivity contribution in [2.24, 2.45) is 5.92 Å². The van der Waals surface area contributed by atoms with Crippen molar-refractivity contribution in [3.63, 3.8) is 0 Å².